The number of fused-ring (bicyclic) bond motifs is 3. The van der Waals surface area contributed by atoms with E-state index < -0.39 is 5.60 Å². The molecule has 0 N–H and O–H groups in total. The van der Waals surface area contributed by atoms with Gasteiger partial charge in [0.25, 0.3) is 0 Å². The molecule has 3 aromatic rings. The summed E-state index contributed by atoms with van der Waals surface area (Å²) in [6.45, 7) is 10.5. The monoisotopic (exact) mass is 562 g/mol. The summed E-state index contributed by atoms with van der Waals surface area (Å²) in [5, 5.41) is 0.787. The van der Waals surface area contributed by atoms with Crippen LogP contribution >= 0.6 is 11.6 Å². The van der Waals surface area contributed by atoms with Gasteiger partial charge in [0.05, 0.1) is 11.0 Å². The molecule has 2 aromatic carbocycles. The Labute approximate surface area is 243 Å². The fourth-order valence-electron chi connectivity index (χ4n) is 7.74. The van der Waals surface area contributed by atoms with Crippen molar-refractivity contribution in [2.24, 2.45) is 0 Å². The van der Waals surface area contributed by atoms with Crippen LogP contribution in [0.3, 0.4) is 0 Å². The van der Waals surface area contributed by atoms with Gasteiger partial charge >= 0.3 is 6.09 Å². The van der Waals surface area contributed by atoms with Gasteiger partial charge in [-0.15, -0.1) is 0 Å². The molecule has 2 bridgehead atoms. The molecule has 1 amide bonds. The Bertz CT molecular complexity index is 1360. The maximum absolute atomic E-state index is 12.8. The SMILES string of the molecule is Cc1nc2ccccc2n1[C@H]1C[C@H]2CC[C@@H](C1)N2CCC1(c2cccc(Cl)c2)CCN(C(=O)OC(C)(C)C)CC1. The minimum atomic E-state index is -0.481. The number of benzene rings is 2. The number of halogens is 1. The van der Waals surface area contributed by atoms with Gasteiger partial charge < -0.3 is 14.2 Å². The molecule has 40 heavy (non-hydrogen) atoms. The molecule has 0 aliphatic carbocycles. The highest BCUT2D eigenvalue weighted by Gasteiger charge is 2.44. The number of carbonyl (C=O) groups is 1. The second kappa shape index (κ2) is 10.7. The summed E-state index contributed by atoms with van der Waals surface area (Å²) in [7, 11) is 0. The van der Waals surface area contributed by atoms with E-state index in [-0.39, 0.29) is 11.5 Å². The Hall–Kier alpha value is -2.57. The lowest BCUT2D eigenvalue weighted by Gasteiger charge is -2.45. The van der Waals surface area contributed by atoms with Crippen LogP contribution in [0.15, 0.2) is 48.5 Å². The third-order valence-corrected chi connectivity index (χ3v) is 9.89. The normalized spacial score (nSPS) is 24.9. The summed E-state index contributed by atoms with van der Waals surface area (Å²) in [4.78, 5) is 22.4. The zero-order valence-electron chi connectivity index (χ0n) is 24.4. The Morgan fingerprint density at radius 1 is 1.02 bits per heavy atom. The summed E-state index contributed by atoms with van der Waals surface area (Å²) < 4.78 is 8.20. The van der Waals surface area contributed by atoms with E-state index in [1.54, 1.807) is 0 Å². The van der Waals surface area contributed by atoms with Gasteiger partial charge in [-0.25, -0.2) is 9.78 Å². The average molecular weight is 563 g/mol. The number of nitrogens with zero attached hydrogens (tertiary/aromatic N) is 4. The van der Waals surface area contributed by atoms with Crippen LogP contribution in [0.2, 0.25) is 5.02 Å². The van der Waals surface area contributed by atoms with Gasteiger partial charge in [-0.3, -0.25) is 4.90 Å². The van der Waals surface area contributed by atoms with E-state index in [2.05, 4.69) is 58.9 Å². The van der Waals surface area contributed by atoms with Crippen molar-refractivity contribution in [3.05, 3.63) is 64.9 Å². The van der Waals surface area contributed by atoms with E-state index >= 15 is 0 Å². The lowest BCUT2D eigenvalue weighted by atomic mass is 9.70. The number of carbonyl (C=O) groups excluding carboxylic acids is 1. The Morgan fingerprint density at radius 2 is 1.73 bits per heavy atom. The first-order chi connectivity index (χ1) is 19.1. The van der Waals surface area contributed by atoms with Crippen molar-refractivity contribution in [3.63, 3.8) is 0 Å². The molecule has 0 radical (unpaired) electrons. The number of imidazole rings is 1. The highest BCUT2D eigenvalue weighted by atomic mass is 35.5. The molecule has 214 valence electrons. The molecule has 1 aromatic heterocycles. The van der Waals surface area contributed by atoms with E-state index in [0.29, 0.717) is 31.2 Å². The molecule has 3 aliphatic heterocycles. The lowest BCUT2D eigenvalue weighted by Crippen LogP contribution is -2.49. The van der Waals surface area contributed by atoms with Crippen molar-refractivity contribution in [3.8, 4) is 0 Å². The van der Waals surface area contributed by atoms with Crippen LogP contribution in [-0.4, -0.2) is 62.8 Å². The molecular formula is C33H43ClN4O2. The zero-order valence-corrected chi connectivity index (χ0v) is 25.2. The summed E-state index contributed by atoms with van der Waals surface area (Å²) in [6, 6.07) is 18.7. The lowest BCUT2D eigenvalue weighted by molar-refractivity contribution is 0.0144. The van der Waals surface area contributed by atoms with E-state index in [1.165, 1.54) is 36.8 Å². The van der Waals surface area contributed by atoms with E-state index in [4.69, 9.17) is 21.3 Å². The highest BCUT2D eigenvalue weighted by Crippen LogP contribution is 2.45. The van der Waals surface area contributed by atoms with Crippen molar-refractivity contribution in [1.82, 2.24) is 19.4 Å². The minimum absolute atomic E-state index is 0.0108. The molecule has 0 saturated carbocycles. The average Bonchev–Trinajstić information content (AvgIpc) is 3.37. The first-order valence-corrected chi connectivity index (χ1v) is 15.4. The largest absolute Gasteiger partial charge is 0.444 e. The van der Waals surface area contributed by atoms with Gasteiger partial charge in [0.1, 0.15) is 11.4 Å². The summed E-state index contributed by atoms with van der Waals surface area (Å²) in [5.74, 6) is 1.13. The van der Waals surface area contributed by atoms with Gasteiger partial charge in [-0.05, 0) is 114 Å². The number of rotatable bonds is 5. The summed E-state index contributed by atoms with van der Waals surface area (Å²) in [5.41, 5.74) is 3.22. The predicted molar refractivity (Wildman–Crippen MR) is 161 cm³/mol. The Morgan fingerprint density at radius 3 is 2.40 bits per heavy atom. The smallest absolute Gasteiger partial charge is 0.410 e. The minimum Gasteiger partial charge on any atom is -0.444 e. The second-order valence-corrected chi connectivity index (χ2v) is 13.7. The number of hydrogen-bond acceptors (Lipinski definition) is 4. The van der Waals surface area contributed by atoms with Crippen molar-refractivity contribution in [2.45, 2.75) is 102 Å². The Balaban J connectivity index is 1.17. The number of amides is 1. The molecule has 3 atom stereocenters. The fourth-order valence-corrected chi connectivity index (χ4v) is 7.93. The van der Waals surface area contributed by atoms with Gasteiger partial charge in [-0.2, -0.15) is 0 Å². The highest BCUT2D eigenvalue weighted by molar-refractivity contribution is 6.30. The third kappa shape index (κ3) is 5.37. The maximum Gasteiger partial charge on any atom is 0.410 e. The number of aryl methyl sites for hydroxylation is 1. The number of aromatic nitrogens is 2. The molecule has 6 rings (SSSR count). The van der Waals surface area contributed by atoms with E-state index in [0.717, 1.165) is 42.2 Å². The van der Waals surface area contributed by atoms with Crippen molar-refractivity contribution >= 4 is 28.7 Å². The fraction of sp³-hybridized carbons (Fsp3) is 0.576. The Kier molecular flexibility index (Phi) is 7.37. The first kappa shape index (κ1) is 27.6. The van der Waals surface area contributed by atoms with Crippen molar-refractivity contribution in [2.75, 3.05) is 19.6 Å². The van der Waals surface area contributed by atoms with Crippen LogP contribution in [0, 0.1) is 6.92 Å². The summed E-state index contributed by atoms with van der Waals surface area (Å²) in [6.07, 6.45) is 7.68. The summed E-state index contributed by atoms with van der Waals surface area (Å²) >= 11 is 6.50. The molecule has 0 spiro atoms. The van der Waals surface area contributed by atoms with Crippen LogP contribution in [0.5, 0.6) is 0 Å². The number of para-hydroxylation sites is 2. The van der Waals surface area contributed by atoms with Gasteiger partial charge in [0, 0.05) is 36.2 Å². The molecule has 0 unspecified atom stereocenters. The van der Waals surface area contributed by atoms with Crippen LogP contribution in [-0.2, 0) is 10.2 Å². The van der Waals surface area contributed by atoms with E-state index in [1.807, 2.05) is 31.7 Å². The quantitative estimate of drug-likeness (QED) is 0.322. The molecule has 7 heteroatoms. The molecule has 3 saturated heterocycles. The molecule has 3 aliphatic rings. The van der Waals surface area contributed by atoms with Crippen molar-refractivity contribution in [1.29, 1.82) is 0 Å². The number of piperidine rings is 2. The van der Waals surface area contributed by atoms with Crippen LogP contribution in [0.4, 0.5) is 4.79 Å². The molecular weight excluding hydrogens is 520 g/mol. The van der Waals surface area contributed by atoms with Crippen LogP contribution in [0.1, 0.15) is 83.1 Å². The standard InChI is InChI=1S/C33H43ClN4O2/c1-23-35-29-10-5-6-11-30(29)38(23)28-21-26-12-13-27(22-28)37(26)19-16-33(24-8-7-9-25(34)20-24)14-17-36(18-15-33)31(39)40-32(2,3)4/h5-11,20,26-28H,12-19,21-22H2,1-4H3/t26-,27+,28+. The van der Waals surface area contributed by atoms with Gasteiger partial charge in [0.15, 0.2) is 0 Å². The van der Waals surface area contributed by atoms with E-state index in [9.17, 15) is 4.79 Å². The first-order valence-electron chi connectivity index (χ1n) is 15.1. The molecule has 3 fully saturated rings. The topological polar surface area (TPSA) is 50.6 Å². The predicted octanol–water partition coefficient (Wildman–Crippen LogP) is 7.53. The maximum atomic E-state index is 12.8. The number of likely N-dealkylation sites (tertiary alicyclic amines) is 1. The molecule has 4 heterocycles. The number of hydrogen-bond donors (Lipinski definition) is 0. The van der Waals surface area contributed by atoms with Gasteiger partial charge in [-0.1, -0.05) is 35.9 Å². The van der Waals surface area contributed by atoms with Crippen LogP contribution in [0.25, 0.3) is 11.0 Å². The van der Waals surface area contributed by atoms with Crippen molar-refractivity contribution < 1.29 is 9.53 Å². The third-order valence-electron chi connectivity index (χ3n) is 9.65. The second-order valence-electron chi connectivity index (χ2n) is 13.3. The number of ether oxygens (including phenoxy) is 1. The zero-order chi connectivity index (χ0) is 28.1. The van der Waals surface area contributed by atoms with Crippen LogP contribution < -0.4 is 0 Å². The van der Waals surface area contributed by atoms with Gasteiger partial charge in [0.2, 0.25) is 0 Å². The molecule has 6 nitrogen and oxygen atoms in total.